The SMILES string of the molecule is CC(C)(C)OC(=O)NCCC1CNC(=O)c2cc(-c3cc(Cl)ccc3F)c(-c3ccsc3)n21. The number of amides is 2. The Morgan fingerprint density at radius 1 is 1.30 bits per heavy atom. The van der Waals surface area contributed by atoms with Crippen molar-refractivity contribution in [3.63, 3.8) is 0 Å². The third-order valence-corrected chi connectivity index (χ3v) is 6.21. The van der Waals surface area contributed by atoms with Crippen LogP contribution in [-0.4, -0.2) is 35.3 Å². The number of nitrogens with zero attached hydrogens (tertiary/aromatic N) is 1. The number of thiophene rings is 1. The molecule has 1 unspecified atom stereocenters. The molecule has 3 heterocycles. The van der Waals surface area contributed by atoms with Crippen molar-refractivity contribution in [1.82, 2.24) is 15.2 Å². The maximum Gasteiger partial charge on any atom is 0.407 e. The van der Waals surface area contributed by atoms with Crippen molar-refractivity contribution in [2.45, 2.75) is 38.8 Å². The number of benzene rings is 1. The van der Waals surface area contributed by atoms with Gasteiger partial charge in [-0.15, -0.1) is 0 Å². The number of hydrogen-bond donors (Lipinski definition) is 2. The first kappa shape index (κ1) is 23.3. The van der Waals surface area contributed by atoms with E-state index in [1.165, 1.54) is 23.5 Å². The van der Waals surface area contributed by atoms with Gasteiger partial charge in [-0.2, -0.15) is 11.3 Å². The van der Waals surface area contributed by atoms with E-state index in [4.69, 9.17) is 16.3 Å². The molecule has 2 aromatic heterocycles. The van der Waals surface area contributed by atoms with Crippen LogP contribution in [-0.2, 0) is 4.74 Å². The summed E-state index contributed by atoms with van der Waals surface area (Å²) >= 11 is 7.69. The number of carbonyl (C=O) groups excluding carboxylic acids is 2. The zero-order chi connectivity index (χ0) is 23.8. The Morgan fingerprint density at radius 3 is 2.79 bits per heavy atom. The fourth-order valence-electron chi connectivity index (χ4n) is 3.96. The molecule has 9 heteroatoms. The van der Waals surface area contributed by atoms with E-state index in [9.17, 15) is 14.0 Å². The lowest BCUT2D eigenvalue weighted by Crippen LogP contribution is -2.41. The van der Waals surface area contributed by atoms with Gasteiger partial charge in [0.2, 0.25) is 0 Å². The van der Waals surface area contributed by atoms with Crippen LogP contribution in [0.25, 0.3) is 22.4 Å². The van der Waals surface area contributed by atoms with Crippen molar-refractivity contribution in [2.75, 3.05) is 13.1 Å². The van der Waals surface area contributed by atoms with E-state index in [1.807, 2.05) is 21.4 Å². The van der Waals surface area contributed by atoms with Crippen LogP contribution in [0.2, 0.25) is 5.02 Å². The quantitative estimate of drug-likeness (QED) is 0.470. The van der Waals surface area contributed by atoms with Crippen LogP contribution in [0.5, 0.6) is 0 Å². The van der Waals surface area contributed by atoms with Crippen molar-refractivity contribution in [3.05, 3.63) is 57.6 Å². The van der Waals surface area contributed by atoms with E-state index in [-0.39, 0.29) is 11.9 Å². The average Bonchev–Trinajstić information content (AvgIpc) is 3.38. The molecule has 2 N–H and O–H groups in total. The summed E-state index contributed by atoms with van der Waals surface area (Å²) in [6.07, 6.45) is 0.0605. The fraction of sp³-hybridized carbons (Fsp3) is 0.333. The molecule has 0 radical (unpaired) electrons. The summed E-state index contributed by atoms with van der Waals surface area (Å²) < 4.78 is 22.1. The molecule has 0 saturated carbocycles. The molecular formula is C24H25ClFN3O3S. The van der Waals surface area contributed by atoms with Crippen molar-refractivity contribution < 1.29 is 18.7 Å². The lowest BCUT2D eigenvalue weighted by atomic mass is 10.0. The lowest BCUT2D eigenvalue weighted by Gasteiger charge is -2.29. The third kappa shape index (κ3) is 5.07. The zero-order valence-electron chi connectivity index (χ0n) is 18.6. The second-order valence-corrected chi connectivity index (χ2v) is 10.1. The molecule has 4 rings (SSSR count). The molecule has 1 aliphatic rings. The predicted octanol–water partition coefficient (Wildman–Crippen LogP) is 5.88. The molecular weight excluding hydrogens is 465 g/mol. The number of hydrogen-bond acceptors (Lipinski definition) is 4. The summed E-state index contributed by atoms with van der Waals surface area (Å²) in [5, 5.41) is 10.0. The van der Waals surface area contributed by atoms with Crippen molar-refractivity contribution >= 4 is 34.9 Å². The number of rotatable bonds is 5. The van der Waals surface area contributed by atoms with Crippen LogP contribution in [0, 0.1) is 5.82 Å². The highest BCUT2D eigenvalue weighted by Crippen LogP contribution is 2.41. The Bertz CT molecular complexity index is 1180. The molecule has 1 aromatic carbocycles. The average molecular weight is 490 g/mol. The zero-order valence-corrected chi connectivity index (χ0v) is 20.1. The Hall–Kier alpha value is -2.84. The first-order valence-electron chi connectivity index (χ1n) is 10.6. The summed E-state index contributed by atoms with van der Waals surface area (Å²) in [4.78, 5) is 24.8. The van der Waals surface area contributed by atoms with Gasteiger partial charge in [-0.1, -0.05) is 11.6 Å². The van der Waals surface area contributed by atoms with Crippen LogP contribution in [0.3, 0.4) is 0 Å². The smallest absolute Gasteiger partial charge is 0.407 e. The van der Waals surface area contributed by atoms with Gasteiger partial charge in [0, 0.05) is 40.2 Å². The second-order valence-electron chi connectivity index (χ2n) is 8.88. The number of carbonyl (C=O) groups is 2. The highest BCUT2D eigenvalue weighted by Gasteiger charge is 2.31. The first-order chi connectivity index (χ1) is 15.6. The van der Waals surface area contributed by atoms with E-state index >= 15 is 0 Å². The van der Waals surface area contributed by atoms with Crippen LogP contribution in [0.1, 0.15) is 43.7 Å². The van der Waals surface area contributed by atoms with Gasteiger partial charge in [0.15, 0.2) is 0 Å². The number of halogens is 2. The topological polar surface area (TPSA) is 72.4 Å². The Morgan fingerprint density at radius 2 is 2.09 bits per heavy atom. The summed E-state index contributed by atoms with van der Waals surface area (Å²) in [5.74, 6) is -0.640. The fourth-order valence-corrected chi connectivity index (χ4v) is 4.77. The van der Waals surface area contributed by atoms with Gasteiger partial charge in [-0.25, -0.2) is 9.18 Å². The van der Waals surface area contributed by atoms with Crippen molar-refractivity contribution in [1.29, 1.82) is 0 Å². The molecule has 0 fully saturated rings. The maximum absolute atomic E-state index is 14.8. The minimum atomic E-state index is -0.585. The monoisotopic (exact) mass is 489 g/mol. The van der Waals surface area contributed by atoms with Gasteiger partial charge in [-0.05, 0) is 62.9 Å². The standard InChI is InChI=1S/C24H25ClFN3O3S/c1-24(2,3)32-23(31)27-8-6-16-12-28-22(30)20-11-18(17-10-15(25)4-5-19(17)26)21(29(16)20)14-7-9-33-13-14/h4-5,7,9-11,13,16H,6,8,12H2,1-3H3,(H,27,31)(H,28,30). The Kier molecular flexibility index (Phi) is 6.50. The van der Waals surface area contributed by atoms with Gasteiger partial charge in [0.25, 0.3) is 5.91 Å². The molecule has 0 saturated heterocycles. The van der Waals surface area contributed by atoms with Crippen LogP contribution >= 0.6 is 22.9 Å². The second kappa shape index (κ2) is 9.19. The van der Waals surface area contributed by atoms with Gasteiger partial charge >= 0.3 is 6.09 Å². The van der Waals surface area contributed by atoms with E-state index in [0.717, 1.165) is 11.3 Å². The molecule has 2 amide bonds. The van der Waals surface area contributed by atoms with Crippen molar-refractivity contribution in [3.8, 4) is 22.4 Å². The summed E-state index contributed by atoms with van der Waals surface area (Å²) in [7, 11) is 0. The molecule has 174 valence electrons. The van der Waals surface area contributed by atoms with Crippen LogP contribution < -0.4 is 10.6 Å². The minimum absolute atomic E-state index is 0.140. The van der Waals surface area contributed by atoms with E-state index in [0.29, 0.717) is 41.4 Å². The maximum atomic E-state index is 14.8. The van der Waals surface area contributed by atoms with Crippen molar-refractivity contribution in [2.24, 2.45) is 0 Å². The van der Waals surface area contributed by atoms with E-state index in [2.05, 4.69) is 10.6 Å². The molecule has 1 atom stereocenters. The Labute approximate surface area is 200 Å². The summed E-state index contributed by atoms with van der Waals surface area (Å²) in [6.45, 7) is 6.17. The molecule has 0 aliphatic carbocycles. The highest BCUT2D eigenvalue weighted by atomic mass is 35.5. The third-order valence-electron chi connectivity index (χ3n) is 5.29. The van der Waals surface area contributed by atoms with Crippen LogP contribution in [0.4, 0.5) is 9.18 Å². The number of fused-ring (bicyclic) bond motifs is 1. The molecule has 6 nitrogen and oxygen atoms in total. The normalized spacial score (nSPS) is 15.7. The Balaban J connectivity index is 1.72. The number of ether oxygens (including phenoxy) is 1. The molecule has 3 aromatic rings. The number of alkyl carbamates (subject to hydrolysis) is 1. The minimum Gasteiger partial charge on any atom is -0.444 e. The van der Waals surface area contributed by atoms with Crippen LogP contribution in [0.15, 0.2) is 41.1 Å². The van der Waals surface area contributed by atoms with Gasteiger partial charge in [-0.3, -0.25) is 4.79 Å². The molecule has 0 bridgehead atoms. The summed E-state index contributed by atoms with van der Waals surface area (Å²) in [5.41, 5.74) is 2.44. The number of aromatic nitrogens is 1. The molecule has 1 aliphatic heterocycles. The number of nitrogens with one attached hydrogen (secondary N) is 2. The van der Waals surface area contributed by atoms with E-state index in [1.54, 1.807) is 32.9 Å². The van der Waals surface area contributed by atoms with E-state index < -0.39 is 17.5 Å². The van der Waals surface area contributed by atoms with Gasteiger partial charge < -0.3 is 19.9 Å². The molecule has 0 spiro atoms. The van der Waals surface area contributed by atoms with Gasteiger partial charge in [0.1, 0.15) is 17.1 Å². The summed E-state index contributed by atoms with van der Waals surface area (Å²) in [6, 6.07) is 7.92. The van der Waals surface area contributed by atoms with Gasteiger partial charge in [0.05, 0.1) is 11.7 Å². The molecule has 33 heavy (non-hydrogen) atoms. The largest absolute Gasteiger partial charge is 0.444 e. The highest BCUT2D eigenvalue weighted by molar-refractivity contribution is 7.08. The first-order valence-corrected chi connectivity index (χ1v) is 11.9. The lowest BCUT2D eigenvalue weighted by molar-refractivity contribution is 0.0524. The predicted molar refractivity (Wildman–Crippen MR) is 128 cm³/mol.